The summed E-state index contributed by atoms with van der Waals surface area (Å²) in [6, 6.07) is 0. The van der Waals surface area contributed by atoms with Gasteiger partial charge in [-0.2, -0.15) is 5.10 Å². The van der Waals surface area contributed by atoms with Crippen molar-refractivity contribution < 1.29 is 15.0 Å². The van der Waals surface area contributed by atoms with Crippen molar-refractivity contribution in [2.45, 2.75) is 13.0 Å². The Kier molecular flexibility index (Phi) is 4.26. The van der Waals surface area contributed by atoms with Gasteiger partial charge in [-0.05, 0) is 13.0 Å². The second-order valence-corrected chi connectivity index (χ2v) is 3.19. The molecule has 6 nitrogen and oxygen atoms in total. The number of hydrogen-bond donors (Lipinski definition) is 3. The van der Waals surface area contributed by atoms with Crippen LogP contribution in [-0.2, 0) is 13.6 Å². The molecule has 3 N–H and O–H groups in total. The highest BCUT2D eigenvalue weighted by molar-refractivity contribution is 5.88. The summed E-state index contributed by atoms with van der Waals surface area (Å²) in [6.07, 6.45) is 1.99. The molecule has 0 atom stereocenters. The molecule has 1 aromatic heterocycles. The minimum atomic E-state index is -0.970. The van der Waals surface area contributed by atoms with Gasteiger partial charge in [-0.15, -0.1) is 0 Å². The summed E-state index contributed by atoms with van der Waals surface area (Å²) in [5, 5.41) is 24.4. The Morgan fingerprint density at radius 3 is 3.00 bits per heavy atom. The number of rotatable bonds is 6. The highest BCUT2D eigenvalue weighted by Gasteiger charge is 2.13. The third-order valence-corrected chi connectivity index (χ3v) is 2.10. The molecular weight excluding hydrogens is 198 g/mol. The van der Waals surface area contributed by atoms with Crippen LogP contribution in [0.15, 0.2) is 6.20 Å². The minimum Gasteiger partial charge on any atom is -0.478 e. The Labute approximate surface area is 87.5 Å². The molecule has 0 saturated carbocycles. The molecule has 0 bridgehead atoms. The first kappa shape index (κ1) is 11.7. The zero-order valence-electron chi connectivity index (χ0n) is 8.60. The smallest absolute Gasteiger partial charge is 0.339 e. The van der Waals surface area contributed by atoms with Crippen molar-refractivity contribution in [2.24, 2.45) is 7.05 Å². The van der Waals surface area contributed by atoms with Gasteiger partial charge < -0.3 is 15.5 Å². The Balaban J connectivity index is 2.58. The zero-order valence-corrected chi connectivity index (χ0v) is 8.60. The quantitative estimate of drug-likeness (QED) is 0.559. The standard InChI is InChI=1S/C9H15N3O3/c1-12-8(6-10-3-2-4-13)7(5-11-12)9(14)15/h5,10,13H,2-4,6H2,1H3,(H,14,15). The second-order valence-electron chi connectivity index (χ2n) is 3.19. The Bertz CT molecular complexity index is 335. The summed E-state index contributed by atoms with van der Waals surface area (Å²) in [4.78, 5) is 10.8. The van der Waals surface area contributed by atoms with Crippen LogP contribution in [-0.4, -0.2) is 39.1 Å². The number of aliphatic hydroxyl groups is 1. The molecule has 0 radical (unpaired) electrons. The van der Waals surface area contributed by atoms with E-state index in [4.69, 9.17) is 10.2 Å². The van der Waals surface area contributed by atoms with E-state index < -0.39 is 5.97 Å². The van der Waals surface area contributed by atoms with Crippen molar-refractivity contribution in [2.75, 3.05) is 13.2 Å². The van der Waals surface area contributed by atoms with E-state index in [1.54, 1.807) is 7.05 Å². The third-order valence-electron chi connectivity index (χ3n) is 2.10. The predicted molar refractivity (Wildman–Crippen MR) is 53.6 cm³/mol. The molecule has 0 spiro atoms. The lowest BCUT2D eigenvalue weighted by molar-refractivity contribution is 0.0695. The summed E-state index contributed by atoms with van der Waals surface area (Å²) in [7, 11) is 1.70. The van der Waals surface area contributed by atoms with Gasteiger partial charge in [0.25, 0.3) is 0 Å². The first-order valence-corrected chi connectivity index (χ1v) is 4.72. The highest BCUT2D eigenvalue weighted by atomic mass is 16.4. The van der Waals surface area contributed by atoms with Crippen LogP contribution >= 0.6 is 0 Å². The number of carboxylic acid groups (broad SMARTS) is 1. The van der Waals surface area contributed by atoms with Crippen molar-refractivity contribution >= 4 is 5.97 Å². The number of aromatic carboxylic acids is 1. The van der Waals surface area contributed by atoms with E-state index in [0.717, 1.165) is 0 Å². The molecular formula is C9H15N3O3. The van der Waals surface area contributed by atoms with Gasteiger partial charge in [-0.1, -0.05) is 0 Å². The third kappa shape index (κ3) is 3.03. The number of nitrogens with one attached hydrogen (secondary N) is 1. The van der Waals surface area contributed by atoms with Crippen LogP contribution in [0.2, 0.25) is 0 Å². The maximum Gasteiger partial charge on any atom is 0.339 e. The van der Waals surface area contributed by atoms with E-state index >= 15 is 0 Å². The SMILES string of the molecule is Cn1ncc(C(=O)O)c1CNCCCO. The fourth-order valence-electron chi connectivity index (χ4n) is 1.26. The van der Waals surface area contributed by atoms with Gasteiger partial charge in [0, 0.05) is 20.2 Å². The van der Waals surface area contributed by atoms with Crippen molar-refractivity contribution in [3.63, 3.8) is 0 Å². The molecule has 84 valence electrons. The molecule has 1 heterocycles. The maximum absolute atomic E-state index is 10.8. The average molecular weight is 213 g/mol. The zero-order chi connectivity index (χ0) is 11.3. The number of aliphatic hydroxyl groups excluding tert-OH is 1. The predicted octanol–water partition coefficient (Wildman–Crippen LogP) is -0.410. The molecule has 15 heavy (non-hydrogen) atoms. The van der Waals surface area contributed by atoms with Crippen LogP contribution in [0, 0.1) is 0 Å². The molecule has 1 rings (SSSR count). The summed E-state index contributed by atoms with van der Waals surface area (Å²) < 4.78 is 1.54. The molecule has 0 aliphatic carbocycles. The van der Waals surface area contributed by atoms with Gasteiger partial charge >= 0.3 is 5.97 Å². The summed E-state index contributed by atoms with van der Waals surface area (Å²) in [5.41, 5.74) is 0.856. The van der Waals surface area contributed by atoms with Crippen LogP contribution in [0.25, 0.3) is 0 Å². The molecule has 0 unspecified atom stereocenters. The number of aromatic nitrogens is 2. The van der Waals surface area contributed by atoms with E-state index in [-0.39, 0.29) is 12.2 Å². The number of carbonyl (C=O) groups is 1. The van der Waals surface area contributed by atoms with Gasteiger partial charge in [0.15, 0.2) is 0 Å². The topological polar surface area (TPSA) is 87.4 Å². The number of aryl methyl sites for hydroxylation is 1. The lowest BCUT2D eigenvalue weighted by Gasteiger charge is -2.05. The minimum absolute atomic E-state index is 0.129. The lowest BCUT2D eigenvalue weighted by Crippen LogP contribution is -2.19. The van der Waals surface area contributed by atoms with E-state index in [1.807, 2.05) is 0 Å². The van der Waals surface area contributed by atoms with Crippen LogP contribution in [0.1, 0.15) is 22.5 Å². The van der Waals surface area contributed by atoms with Gasteiger partial charge in [-0.3, -0.25) is 4.68 Å². The van der Waals surface area contributed by atoms with Gasteiger partial charge in [-0.25, -0.2) is 4.79 Å². The summed E-state index contributed by atoms with van der Waals surface area (Å²) in [5.74, 6) is -0.970. The Hall–Kier alpha value is -1.40. The fraction of sp³-hybridized carbons (Fsp3) is 0.556. The first-order valence-electron chi connectivity index (χ1n) is 4.72. The maximum atomic E-state index is 10.8. The number of nitrogens with zero attached hydrogens (tertiary/aromatic N) is 2. The second kappa shape index (κ2) is 5.47. The highest BCUT2D eigenvalue weighted by Crippen LogP contribution is 2.06. The van der Waals surface area contributed by atoms with Crippen LogP contribution in [0.5, 0.6) is 0 Å². The monoisotopic (exact) mass is 213 g/mol. The molecule has 0 amide bonds. The fourth-order valence-corrected chi connectivity index (χ4v) is 1.26. The van der Waals surface area contributed by atoms with Crippen molar-refractivity contribution in [3.05, 3.63) is 17.5 Å². The average Bonchev–Trinajstić information content (AvgIpc) is 2.55. The van der Waals surface area contributed by atoms with Crippen LogP contribution in [0.3, 0.4) is 0 Å². The van der Waals surface area contributed by atoms with E-state index in [1.165, 1.54) is 10.9 Å². The van der Waals surface area contributed by atoms with Crippen molar-refractivity contribution in [1.29, 1.82) is 0 Å². The van der Waals surface area contributed by atoms with Gasteiger partial charge in [0.05, 0.1) is 11.9 Å². The molecule has 0 fully saturated rings. The molecule has 0 aromatic carbocycles. The van der Waals surface area contributed by atoms with E-state index in [0.29, 0.717) is 25.2 Å². The van der Waals surface area contributed by atoms with Gasteiger partial charge in [0.2, 0.25) is 0 Å². The van der Waals surface area contributed by atoms with Gasteiger partial charge in [0.1, 0.15) is 5.56 Å². The summed E-state index contributed by atoms with van der Waals surface area (Å²) in [6.45, 7) is 1.23. The molecule has 0 saturated heterocycles. The largest absolute Gasteiger partial charge is 0.478 e. The first-order chi connectivity index (χ1) is 7.16. The number of carboxylic acids is 1. The normalized spacial score (nSPS) is 10.5. The Morgan fingerprint density at radius 1 is 1.67 bits per heavy atom. The van der Waals surface area contributed by atoms with Crippen LogP contribution < -0.4 is 5.32 Å². The summed E-state index contributed by atoms with van der Waals surface area (Å²) >= 11 is 0. The van der Waals surface area contributed by atoms with E-state index in [2.05, 4.69) is 10.4 Å². The lowest BCUT2D eigenvalue weighted by atomic mass is 10.2. The molecule has 6 heteroatoms. The van der Waals surface area contributed by atoms with Crippen molar-refractivity contribution in [1.82, 2.24) is 15.1 Å². The van der Waals surface area contributed by atoms with E-state index in [9.17, 15) is 4.79 Å². The van der Waals surface area contributed by atoms with Crippen LogP contribution in [0.4, 0.5) is 0 Å². The molecule has 1 aromatic rings. The Morgan fingerprint density at radius 2 is 2.40 bits per heavy atom. The number of hydrogen-bond acceptors (Lipinski definition) is 4. The molecule has 0 aliphatic heterocycles. The van der Waals surface area contributed by atoms with Crippen molar-refractivity contribution in [3.8, 4) is 0 Å². The molecule has 0 aliphatic rings.